The number of pyridine rings is 1. The lowest BCUT2D eigenvalue weighted by atomic mass is 9.95. The van der Waals surface area contributed by atoms with Crippen molar-refractivity contribution in [3.8, 4) is 17.2 Å². The maximum Gasteiger partial charge on any atom is 0.251 e. The molecule has 9 nitrogen and oxygen atoms in total. The fourth-order valence-electron chi connectivity index (χ4n) is 3.46. The number of ether oxygens (including phenoxy) is 1. The molecule has 4 rings (SSSR count). The van der Waals surface area contributed by atoms with Crippen molar-refractivity contribution >= 4 is 5.91 Å². The lowest BCUT2D eigenvalue weighted by Gasteiger charge is -2.23. The number of carbonyl (C=O) groups is 1. The topological polar surface area (TPSA) is 107 Å². The summed E-state index contributed by atoms with van der Waals surface area (Å²) in [6, 6.07) is 5.76. The van der Waals surface area contributed by atoms with Crippen molar-refractivity contribution in [2.45, 2.75) is 38.1 Å². The van der Waals surface area contributed by atoms with Crippen LogP contribution in [0.1, 0.15) is 43.9 Å². The molecule has 3 aromatic heterocycles. The molecule has 31 heavy (non-hydrogen) atoms. The van der Waals surface area contributed by atoms with Crippen LogP contribution < -0.4 is 5.32 Å². The van der Waals surface area contributed by atoms with Crippen molar-refractivity contribution in [3.63, 3.8) is 0 Å². The molecule has 9 heteroatoms. The fourth-order valence-corrected chi connectivity index (χ4v) is 3.46. The molecule has 0 bridgehead atoms. The van der Waals surface area contributed by atoms with Crippen LogP contribution in [0.15, 0.2) is 43.1 Å². The molecule has 0 spiro atoms. The maximum absolute atomic E-state index is 12.8. The van der Waals surface area contributed by atoms with Crippen LogP contribution >= 0.6 is 0 Å². The summed E-state index contributed by atoms with van der Waals surface area (Å²) < 4.78 is 7.96. The average Bonchev–Trinajstić information content (AvgIpc) is 3.47. The summed E-state index contributed by atoms with van der Waals surface area (Å²) in [5.74, 6) is 0.595. The quantitative estimate of drug-likeness (QED) is 0.625. The Bertz CT molecular complexity index is 952. The molecule has 3 heterocycles. The lowest BCUT2D eigenvalue weighted by Crippen LogP contribution is -2.36. The van der Waals surface area contributed by atoms with E-state index >= 15 is 0 Å². The minimum atomic E-state index is -0.0575. The summed E-state index contributed by atoms with van der Waals surface area (Å²) in [5, 5.41) is 15.5. The van der Waals surface area contributed by atoms with Crippen LogP contribution in [0.5, 0.6) is 0 Å². The van der Waals surface area contributed by atoms with Crippen LogP contribution in [-0.4, -0.2) is 61.7 Å². The van der Waals surface area contributed by atoms with Crippen molar-refractivity contribution in [2.24, 2.45) is 7.05 Å². The number of nitrogens with one attached hydrogen (secondary N) is 1. The minimum absolute atomic E-state index is 0. The normalized spacial score (nSPS) is 14.0. The predicted octanol–water partition coefficient (Wildman–Crippen LogP) is 2.60. The van der Waals surface area contributed by atoms with E-state index in [0.29, 0.717) is 23.7 Å². The number of amides is 1. The number of methoxy groups -OCH3 is 1. The third-order valence-electron chi connectivity index (χ3n) is 5.05. The first kappa shape index (κ1) is 22.6. The SMILES string of the molecule is COCCO.Cn1ccc(-c2cc(C(=O)NC3CCCCC3)cc(-n3ccnc3)n2)n1.[HH]. The van der Waals surface area contributed by atoms with E-state index in [9.17, 15) is 4.79 Å². The molecule has 0 aliphatic heterocycles. The Labute approximate surface area is 183 Å². The average molecular weight is 429 g/mol. The molecule has 1 saturated carbocycles. The molecule has 0 atom stereocenters. The highest BCUT2D eigenvalue weighted by Gasteiger charge is 2.19. The van der Waals surface area contributed by atoms with Crippen molar-refractivity contribution in [1.82, 2.24) is 29.6 Å². The summed E-state index contributed by atoms with van der Waals surface area (Å²) in [6.45, 7) is 0.566. The molecular weight excluding hydrogens is 396 g/mol. The highest BCUT2D eigenvalue weighted by atomic mass is 16.5. The summed E-state index contributed by atoms with van der Waals surface area (Å²) in [7, 11) is 3.41. The number of rotatable bonds is 6. The van der Waals surface area contributed by atoms with Crippen LogP contribution in [0.2, 0.25) is 0 Å². The molecule has 3 aromatic rings. The first-order valence-electron chi connectivity index (χ1n) is 10.5. The van der Waals surface area contributed by atoms with Crippen molar-refractivity contribution in [2.75, 3.05) is 20.3 Å². The van der Waals surface area contributed by atoms with Gasteiger partial charge in [-0.3, -0.25) is 14.0 Å². The zero-order valence-corrected chi connectivity index (χ0v) is 18.1. The van der Waals surface area contributed by atoms with Gasteiger partial charge in [0.15, 0.2) is 0 Å². The zero-order valence-electron chi connectivity index (χ0n) is 18.1. The van der Waals surface area contributed by atoms with E-state index in [-0.39, 0.29) is 20.0 Å². The Hall–Kier alpha value is -3.04. The monoisotopic (exact) mass is 428 g/mol. The minimum Gasteiger partial charge on any atom is -0.394 e. The third-order valence-corrected chi connectivity index (χ3v) is 5.05. The van der Waals surface area contributed by atoms with Gasteiger partial charge in [-0.15, -0.1) is 0 Å². The van der Waals surface area contributed by atoms with Gasteiger partial charge < -0.3 is 15.2 Å². The van der Waals surface area contributed by atoms with Gasteiger partial charge in [-0.05, 0) is 31.0 Å². The van der Waals surface area contributed by atoms with E-state index in [0.717, 1.165) is 18.5 Å². The molecule has 0 unspecified atom stereocenters. The van der Waals surface area contributed by atoms with Gasteiger partial charge in [0.2, 0.25) is 0 Å². The van der Waals surface area contributed by atoms with Gasteiger partial charge in [0.25, 0.3) is 5.91 Å². The smallest absolute Gasteiger partial charge is 0.251 e. The lowest BCUT2D eigenvalue weighted by molar-refractivity contribution is 0.0927. The Balaban J connectivity index is 0.000000548. The van der Waals surface area contributed by atoms with Gasteiger partial charge in [0.05, 0.1) is 18.9 Å². The largest absolute Gasteiger partial charge is 0.394 e. The maximum atomic E-state index is 12.8. The second-order valence-electron chi connectivity index (χ2n) is 7.47. The van der Waals surface area contributed by atoms with Gasteiger partial charge in [-0.25, -0.2) is 9.97 Å². The van der Waals surface area contributed by atoms with Gasteiger partial charge in [-0.2, -0.15) is 5.10 Å². The van der Waals surface area contributed by atoms with E-state index in [2.05, 4.69) is 25.1 Å². The number of hydrogen-bond acceptors (Lipinski definition) is 6. The van der Waals surface area contributed by atoms with Gasteiger partial charge in [0.1, 0.15) is 17.8 Å². The molecule has 1 amide bonds. The molecule has 0 saturated heterocycles. The number of carbonyl (C=O) groups excluding carboxylic acids is 1. The molecule has 0 aromatic carbocycles. The van der Waals surface area contributed by atoms with Crippen LogP contribution in [0.3, 0.4) is 0 Å². The molecule has 168 valence electrons. The van der Waals surface area contributed by atoms with Crippen molar-refractivity contribution < 1.29 is 16.1 Å². The highest BCUT2D eigenvalue weighted by Crippen LogP contribution is 2.21. The second kappa shape index (κ2) is 11.4. The number of hydrogen-bond donors (Lipinski definition) is 2. The van der Waals surface area contributed by atoms with Crippen LogP contribution in [0, 0.1) is 0 Å². The first-order chi connectivity index (χ1) is 15.1. The Morgan fingerprint density at radius 3 is 2.65 bits per heavy atom. The standard InChI is InChI=1S/C19H22N6O.C3H8O2.H2/c1-24-9-7-16(23-24)17-11-14(12-18(22-17)25-10-8-20-13-25)19(26)21-15-5-3-2-4-6-15;1-5-3-2-4;/h7-13,15H,2-6H2,1H3,(H,21,26);4H,2-3H2,1H3;1H. The van der Waals surface area contributed by atoms with Crippen LogP contribution in [-0.2, 0) is 11.8 Å². The molecule has 0 radical (unpaired) electrons. The number of aliphatic hydroxyl groups excluding tert-OH is 1. The van der Waals surface area contributed by atoms with Crippen molar-refractivity contribution in [1.29, 1.82) is 0 Å². The Morgan fingerprint density at radius 2 is 2.06 bits per heavy atom. The first-order valence-corrected chi connectivity index (χ1v) is 10.5. The summed E-state index contributed by atoms with van der Waals surface area (Å²) in [4.78, 5) is 21.6. The number of aromatic nitrogens is 5. The number of imidazole rings is 1. The molecule has 1 aliphatic carbocycles. The highest BCUT2D eigenvalue weighted by molar-refractivity contribution is 5.95. The van der Waals surface area contributed by atoms with Gasteiger partial charge >= 0.3 is 0 Å². The van der Waals surface area contributed by atoms with Gasteiger partial charge in [0, 0.05) is 45.8 Å². The van der Waals surface area contributed by atoms with E-state index in [1.165, 1.54) is 19.3 Å². The molecule has 2 N–H and O–H groups in total. The zero-order chi connectivity index (χ0) is 22.1. The van der Waals surface area contributed by atoms with Crippen molar-refractivity contribution in [3.05, 3.63) is 48.7 Å². The summed E-state index contributed by atoms with van der Waals surface area (Å²) in [5.41, 5.74) is 2.00. The molecule has 1 aliphatic rings. The van der Waals surface area contributed by atoms with Gasteiger partial charge in [-0.1, -0.05) is 19.3 Å². The van der Waals surface area contributed by atoms with E-state index < -0.39 is 0 Å². The fraction of sp³-hybridized carbons (Fsp3) is 0.455. The Morgan fingerprint density at radius 1 is 1.26 bits per heavy atom. The number of aliphatic hydroxyl groups is 1. The van der Waals surface area contributed by atoms with E-state index in [4.69, 9.17) is 5.11 Å². The summed E-state index contributed by atoms with van der Waals surface area (Å²) in [6.07, 6.45) is 12.8. The van der Waals surface area contributed by atoms with Crippen LogP contribution in [0.25, 0.3) is 17.2 Å². The number of nitrogens with zero attached hydrogens (tertiary/aromatic N) is 5. The summed E-state index contributed by atoms with van der Waals surface area (Å²) >= 11 is 0. The molecular formula is C22H32N6O3. The van der Waals surface area contributed by atoms with Crippen LogP contribution in [0.4, 0.5) is 0 Å². The number of aryl methyl sites for hydroxylation is 1. The molecule has 1 fully saturated rings. The van der Waals surface area contributed by atoms with E-state index in [1.54, 1.807) is 41.0 Å². The third kappa shape index (κ3) is 6.47. The second-order valence-corrected chi connectivity index (χ2v) is 7.47. The Kier molecular flexibility index (Phi) is 8.31. The van der Waals surface area contributed by atoms with E-state index in [1.807, 2.05) is 25.5 Å². The predicted molar refractivity (Wildman–Crippen MR) is 119 cm³/mol.